The van der Waals surface area contributed by atoms with Crippen LogP contribution in [0.4, 0.5) is 20.2 Å². The zero-order valence-electron chi connectivity index (χ0n) is 11.5. The predicted octanol–water partition coefficient (Wildman–Crippen LogP) is 4.61. The van der Waals surface area contributed by atoms with Crippen LogP contribution in [0.2, 0.25) is 0 Å². The average Bonchev–Trinajstić information content (AvgIpc) is 2.85. The Labute approximate surface area is 119 Å². The molecule has 0 spiro atoms. The topological polar surface area (TPSA) is 68.3 Å². The maximum atomic E-state index is 13.0. The van der Waals surface area contributed by atoms with E-state index in [0.717, 1.165) is 11.8 Å². The summed E-state index contributed by atoms with van der Waals surface area (Å²) in [4.78, 5) is 9.96. The molecule has 21 heavy (non-hydrogen) atoms. The summed E-state index contributed by atoms with van der Waals surface area (Å²) in [6.07, 6.45) is -2.81. The lowest BCUT2D eigenvalue weighted by Gasteiger charge is -2.16. The zero-order valence-corrected chi connectivity index (χ0v) is 11.5. The van der Waals surface area contributed by atoms with E-state index in [9.17, 15) is 18.9 Å². The fourth-order valence-corrected chi connectivity index (χ4v) is 1.97. The van der Waals surface area contributed by atoms with Gasteiger partial charge in [-0.1, -0.05) is 0 Å². The van der Waals surface area contributed by atoms with Crippen LogP contribution in [0, 0.1) is 17.0 Å². The molecule has 1 aromatic heterocycles. The van der Waals surface area contributed by atoms with Crippen LogP contribution in [-0.4, -0.2) is 4.92 Å². The highest BCUT2D eigenvalue weighted by Crippen LogP contribution is 2.33. The fourth-order valence-electron chi connectivity index (χ4n) is 1.97. The number of rotatable bonds is 5. The lowest BCUT2D eigenvalue weighted by Crippen LogP contribution is -2.08. The van der Waals surface area contributed by atoms with Crippen molar-refractivity contribution in [2.75, 3.05) is 5.32 Å². The molecule has 0 aliphatic heterocycles. The monoisotopic (exact) mass is 296 g/mol. The van der Waals surface area contributed by atoms with Crippen LogP contribution < -0.4 is 5.32 Å². The van der Waals surface area contributed by atoms with Crippen LogP contribution in [0.15, 0.2) is 34.7 Å². The Morgan fingerprint density at radius 3 is 2.52 bits per heavy atom. The highest BCUT2D eigenvalue weighted by Gasteiger charge is 2.20. The van der Waals surface area contributed by atoms with Gasteiger partial charge in [0.15, 0.2) is 0 Å². The van der Waals surface area contributed by atoms with Crippen molar-refractivity contribution in [3.05, 3.63) is 57.5 Å². The van der Waals surface area contributed by atoms with Gasteiger partial charge < -0.3 is 9.73 Å². The lowest BCUT2D eigenvalue weighted by atomic mass is 10.1. The molecule has 2 rings (SSSR count). The van der Waals surface area contributed by atoms with Crippen LogP contribution in [0.1, 0.15) is 36.5 Å². The Morgan fingerprint density at radius 2 is 2.00 bits per heavy atom. The van der Waals surface area contributed by atoms with E-state index in [-0.39, 0.29) is 17.4 Å². The van der Waals surface area contributed by atoms with Gasteiger partial charge in [0, 0.05) is 23.4 Å². The minimum absolute atomic E-state index is 0.150. The number of nitrogens with zero attached hydrogens (tertiary/aromatic N) is 1. The van der Waals surface area contributed by atoms with Crippen molar-refractivity contribution in [3.63, 3.8) is 0 Å². The molecule has 0 fully saturated rings. The maximum Gasteiger partial charge on any atom is 0.270 e. The number of aryl methyl sites for hydroxylation is 1. The second-order valence-electron chi connectivity index (χ2n) is 4.64. The molecule has 0 aliphatic carbocycles. The van der Waals surface area contributed by atoms with E-state index in [1.807, 2.05) is 0 Å². The quantitative estimate of drug-likeness (QED) is 0.646. The van der Waals surface area contributed by atoms with Crippen LogP contribution in [0.3, 0.4) is 0 Å². The number of nitro groups is 1. The Morgan fingerprint density at radius 1 is 1.29 bits per heavy atom. The summed E-state index contributed by atoms with van der Waals surface area (Å²) < 4.78 is 31.5. The number of benzene rings is 1. The number of hydrogen-bond donors (Lipinski definition) is 1. The van der Waals surface area contributed by atoms with Crippen LogP contribution in [-0.2, 0) is 0 Å². The van der Waals surface area contributed by atoms with Crippen LogP contribution in [0.25, 0.3) is 0 Å². The van der Waals surface area contributed by atoms with Gasteiger partial charge in [0.2, 0.25) is 0 Å². The van der Waals surface area contributed by atoms with Crippen LogP contribution >= 0.6 is 0 Å². The Bertz CT molecular complexity index is 655. The summed E-state index contributed by atoms with van der Waals surface area (Å²) in [5, 5.41) is 13.5. The molecule has 1 aromatic carbocycles. The summed E-state index contributed by atoms with van der Waals surface area (Å²) in [5.41, 5.74) is -0.617. The Balaban J connectivity index is 2.28. The van der Waals surface area contributed by atoms with E-state index in [0.29, 0.717) is 5.76 Å². The van der Waals surface area contributed by atoms with Gasteiger partial charge in [0.1, 0.15) is 11.5 Å². The number of non-ortho nitro benzene ring substituents is 1. The first-order valence-electron chi connectivity index (χ1n) is 6.28. The van der Waals surface area contributed by atoms with Gasteiger partial charge in [-0.25, -0.2) is 8.78 Å². The summed E-state index contributed by atoms with van der Waals surface area (Å²) in [7, 11) is 0. The van der Waals surface area contributed by atoms with Gasteiger partial charge in [-0.2, -0.15) is 0 Å². The number of nitro benzene ring substituents is 1. The summed E-state index contributed by atoms with van der Waals surface area (Å²) in [5.74, 6) is 1.32. The highest BCUT2D eigenvalue weighted by atomic mass is 19.3. The number of halogens is 2. The van der Waals surface area contributed by atoms with E-state index in [2.05, 4.69) is 5.32 Å². The van der Waals surface area contributed by atoms with Gasteiger partial charge >= 0.3 is 0 Å². The van der Waals surface area contributed by atoms with Crippen molar-refractivity contribution >= 4 is 11.4 Å². The van der Waals surface area contributed by atoms with Crippen molar-refractivity contribution in [2.24, 2.45) is 0 Å². The third kappa shape index (κ3) is 3.36. The molecule has 1 heterocycles. The van der Waals surface area contributed by atoms with E-state index in [4.69, 9.17) is 4.42 Å². The minimum Gasteiger partial charge on any atom is -0.464 e. The normalized spacial score (nSPS) is 12.4. The summed E-state index contributed by atoms with van der Waals surface area (Å²) >= 11 is 0. The molecule has 2 aromatic rings. The van der Waals surface area contributed by atoms with Gasteiger partial charge in [0.25, 0.3) is 12.1 Å². The molecular weight excluding hydrogens is 282 g/mol. The van der Waals surface area contributed by atoms with Crippen molar-refractivity contribution in [1.29, 1.82) is 0 Å². The predicted molar refractivity (Wildman–Crippen MR) is 73.5 cm³/mol. The first-order valence-corrected chi connectivity index (χ1v) is 6.28. The average molecular weight is 296 g/mol. The van der Waals surface area contributed by atoms with Crippen molar-refractivity contribution in [2.45, 2.75) is 26.3 Å². The number of nitrogens with one attached hydrogen (secondary N) is 1. The second-order valence-corrected chi connectivity index (χ2v) is 4.64. The molecule has 0 bridgehead atoms. The summed E-state index contributed by atoms with van der Waals surface area (Å²) in [6, 6.07) is 6.54. The molecule has 0 saturated heterocycles. The zero-order chi connectivity index (χ0) is 15.6. The number of furan rings is 1. The van der Waals surface area contributed by atoms with Gasteiger partial charge in [0.05, 0.1) is 11.0 Å². The molecule has 7 heteroatoms. The minimum atomic E-state index is -2.81. The standard InChI is InChI=1S/C14H14F2N2O3/c1-8-3-6-13(21-8)9(2)17-12-5-4-10(18(19)20)7-11(12)14(15)16/h3-7,9,14,17H,1-2H3. The third-order valence-corrected chi connectivity index (χ3v) is 3.04. The van der Waals surface area contributed by atoms with E-state index < -0.39 is 16.9 Å². The highest BCUT2D eigenvalue weighted by molar-refractivity contribution is 5.57. The number of alkyl halides is 2. The molecule has 112 valence electrons. The molecule has 5 nitrogen and oxygen atoms in total. The van der Waals surface area contributed by atoms with Crippen molar-refractivity contribution in [3.8, 4) is 0 Å². The first kappa shape index (κ1) is 15.0. The molecule has 0 aliphatic rings. The molecule has 1 N–H and O–H groups in total. The SMILES string of the molecule is Cc1ccc(C(C)Nc2ccc([N+](=O)[O-])cc2C(F)F)o1. The molecule has 0 amide bonds. The Hall–Kier alpha value is -2.44. The van der Waals surface area contributed by atoms with E-state index in [1.165, 1.54) is 12.1 Å². The maximum absolute atomic E-state index is 13.0. The van der Waals surface area contributed by atoms with Gasteiger partial charge in [-0.05, 0) is 32.0 Å². The fraction of sp³-hybridized carbons (Fsp3) is 0.286. The molecule has 0 radical (unpaired) electrons. The van der Waals surface area contributed by atoms with Gasteiger partial charge in [-0.15, -0.1) is 0 Å². The molecule has 1 atom stereocenters. The largest absolute Gasteiger partial charge is 0.464 e. The number of hydrogen-bond acceptors (Lipinski definition) is 4. The van der Waals surface area contributed by atoms with Crippen molar-refractivity contribution < 1.29 is 18.1 Å². The molecular formula is C14H14F2N2O3. The first-order chi connectivity index (χ1) is 9.88. The summed E-state index contributed by atoms with van der Waals surface area (Å²) in [6.45, 7) is 3.54. The van der Waals surface area contributed by atoms with Crippen LogP contribution in [0.5, 0.6) is 0 Å². The lowest BCUT2D eigenvalue weighted by molar-refractivity contribution is -0.385. The van der Waals surface area contributed by atoms with Gasteiger partial charge in [-0.3, -0.25) is 10.1 Å². The second kappa shape index (κ2) is 5.90. The van der Waals surface area contributed by atoms with E-state index in [1.54, 1.807) is 26.0 Å². The molecule has 0 saturated carbocycles. The third-order valence-electron chi connectivity index (χ3n) is 3.04. The smallest absolute Gasteiger partial charge is 0.270 e. The van der Waals surface area contributed by atoms with Crippen molar-refractivity contribution in [1.82, 2.24) is 0 Å². The number of anilines is 1. The Kier molecular flexibility index (Phi) is 4.21. The molecule has 1 unspecified atom stereocenters. The van der Waals surface area contributed by atoms with E-state index >= 15 is 0 Å².